The lowest BCUT2D eigenvalue weighted by Crippen LogP contribution is -2.56. The summed E-state index contributed by atoms with van der Waals surface area (Å²) in [4.78, 5) is 38.1. The molecule has 1 saturated heterocycles. The Kier molecular flexibility index (Phi) is 4.90. The molecule has 4 rings (SSSR count). The van der Waals surface area contributed by atoms with Crippen molar-refractivity contribution in [2.75, 3.05) is 13.1 Å². The van der Waals surface area contributed by atoms with E-state index in [0.29, 0.717) is 19.6 Å². The van der Waals surface area contributed by atoms with Gasteiger partial charge in [0.05, 0.1) is 12.0 Å². The molecule has 0 aliphatic carbocycles. The molecule has 2 aliphatic rings. The third-order valence-electron chi connectivity index (χ3n) is 5.63. The number of likely N-dealkylation sites (tertiary alicyclic amines) is 1. The Morgan fingerprint density at radius 1 is 1.07 bits per heavy atom. The van der Waals surface area contributed by atoms with E-state index in [2.05, 4.69) is 5.32 Å². The van der Waals surface area contributed by atoms with E-state index in [1.54, 1.807) is 21.6 Å². The SMILES string of the molecule is O=C([O-])[C@H](Cc1ccccc1)NC(=O)N1C[C@H]2C[C@@H](C1)c1cccc(=O)n1C2. The summed E-state index contributed by atoms with van der Waals surface area (Å²) >= 11 is 0. The first-order valence-electron chi connectivity index (χ1n) is 9.51. The average Bonchev–Trinajstić information content (AvgIpc) is 2.69. The van der Waals surface area contributed by atoms with Crippen molar-refractivity contribution in [2.24, 2.45) is 5.92 Å². The van der Waals surface area contributed by atoms with Crippen molar-refractivity contribution in [3.05, 3.63) is 70.1 Å². The van der Waals surface area contributed by atoms with Gasteiger partial charge in [-0.05, 0) is 30.4 Å². The minimum Gasteiger partial charge on any atom is -0.548 e. The number of hydrogen-bond donors (Lipinski definition) is 1. The zero-order valence-corrected chi connectivity index (χ0v) is 15.4. The first kappa shape index (κ1) is 18.3. The molecule has 2 aromatic rings. The number of aliphatic carboxylic acids is 1. The maximum Gasteiger partial charge on any atom is 0.317 e. The minimum absolute atomic E-state index is 0.00928. The lowest BCUT2D eigenvalue weighted by molar-refractivity contribution is -0.308. The minimum atomic E-state index is -1.30. The van der Waals surface area contributed by atoms with E-state index in [4.69, 9.17) is 0 Å². The van der Waals surface area contributed by atoms with E-state index in [9.17, 15) is 19.5 Å². The molecule has 7 nitrogen and oxygen atoms in total. The topological polar surface area (TPSA) is 94.5 Å². The highest BCUT2D eigenvalue weighted by Gasteiger charge is 2.36. The van der Waals surface area contributed by atoms with Crippen LogP contribution in [0.1, 0.15) is 23.6 Å². The molecular weight excluding hydrogens is 358 g/mol. The van der Waals surface area contributed by atoms with Crippen LogP contribution in [0, 0.1) is 5.92 Å². The second-order valence-electron chi connectivity index (χ2n) is 7.61. The summed E-state index contributed by atoms with van der Waals surface area (Å²) in [7, 11) is 0. The fraction of sp³-hybridized carbons (Fsp3) is 0.381. The number of piperidine rings is 1. The number of fused-ring (bicyclic) bond motifs is 4. The summed E-state index contributed by atoms with van der Waals surface area (Å²) in [6.07, 6.45) is 1.11. The van der Waals surface area contributed by atoms with Gasteiger partial charge in [-0.15, -0.1) is 0 Å². The largest absolute Gasteiger partial charge is 0.548 e. The fourth-order valence-corrected chi connectivity index (χ4v) is 4.35. The van der Waals surface area contributed by atoms with Crippen molar-refractivity contribution < 1.29 is 14.7 Å². The molecule has 7 heteroatoms. The Bertz CT molecular complexity index is 940. The van der Waals surface area contributed by atoms with E-state index in [1.807, 2.05) is 36.4 Å². The number of carboxylic acid groups (broad SMARTS) is 1. The summed E-state index contributed by atoms with van der Waals surface area (Å²) in [6, 6.07) is 12.9. The molecule has 0 spiro atoms. The molecule has 3 heterocycles. The molecule has 0 radical (unpaired) electrons. The number of pyridine rings is 1. The number of amides is 2. The van der Waals surface area contributed by atoms with Crippen molar-refractivity contribution in [1.82, 2.24) is 14.8 Å². The summed E-state index contributed by atoms with van der Waals surface area (Å²) in [5.41, 5.74) is 1.76. The Balaban J connectivity index is 1.47. The monoisotopic (exact) mass is 380 g/mol. The molecule has 1 aromatic heterocycles. The van der Waals surface area contributed by atoms with Crippen LogP contribution in [0.4, 0.5) is 4.79 Å². The molecule has 2 bridgehead atoms. The van der Waals surface area contributed by atoms with E-state index < -0.39 is 18.0 Å². The van der Waals surface area contributed by atoms with Crippen LogP contribution >= 0.6 is 0 Å². The highest BCUT2D eigenvalue weighted by molar-refractivity contribution is 5.82. The number of hydrogen-bond acceptors (Lipinski definition) is 4. The number of aromatic nitrogens is 1. The van der Waals surface area contributed by atoms with E-state index in [1.165, 1.54) is 0 Å². The van der Waals surface area contributed by atoms with Crippen LogP contribution in [0.15, 0.2) is 53.3 Å². The van der Waals surface area contributed by atoms with Gasteiger partial charge in [0, 0.05) is 37.3 Å². The fourth-order valence-electron chi connectivity index (χ4n) is 4.35. The average molecular weight is 380 g/mol. The van der Waals surface area contributed by atoms with Crippen LogP contribution in [0.2, 0.25) is 0 Å². The number of urea groups is 1. The molecule has 0 saturated carbocycles. The highest BCUT2D eigenvalue weighted by Crippen LogP contribution is 2.34. The number of nitrogens with one attached hydrogen (secondary N) is 1. The molecular formula is C21H22N3O4-. The number of nitrogens with zero attached hydrogens (tertiary/aromatic N) is 2. The Hall–Kier alpha value is -3.09. The van der Waals surface area contributed by atoms with Gasteiger partial charge in [0.2, 0.25) is 0 Å². The molecule has 1 N–H and O–H groups in total. The van der Waals surface area contributed by atoms with Gasteiger partial charge >= 0.3 is 6.03 Å². The zero-order chi connectivity index (χ0) is 19.7. The van der Waals surface area contributed by atoms with Crippen LogP contribution in [0.5, 0.6) is 0 Å². The van der Waals surface area contributed by atoms with Crippen molar-refractivity contribution in [3.8, 4) is 0 Å². The predicted octanol–water partition coefficient (Wildman–Crippen LogP) is 0.338. The summed E-state index contributed by atoms with van der Waals surface area (Å²) in [5.74, 6) is -1.03. The van der Waals surface area contributed by atoms with Crippen molar-refractivity contribution >= 4 is 12.0 Å². The second-order valence-corrected chi connectivity index (χ2v) is 7.61. The van der Waals surface area contributed by atoms with Gasteiger partial charge in [-0.3, -0.25) is 4.79 Å². The molecule has 2 amide bonds. The van der Waals surface area contributed by atoms with Gasteiger partial charge in [-0.2, -0.15) is 0 Å². The van der Waals surface area contributed by atoms with E-state index in [0.717, 1.165) is 17.7 Å². The number of carboxylic acids is 1. The first-order valence-corrected chi connectivity index (χ1v) is 9.51. The lowest BCUT2D eigenvalue weighted by atomic mass is 9.83. The third kappa shape index (κ3) is 3.65. The van der Waals surface area contributed by atoms with Crippen LogP contribution in [0.3, 0.4) is 0 Å². The van der Waals surface area contributed by atoms with Crippen molar-refractivity contribution in [3.63, 3.8) is 0 Å². The van der Waals surface area contributed by atoms with Crippen LogP contribution < -0.4 is 16.0 Å². The van der Waals surface area contributed by atoms with Gasteiger partial charge in [0.1, 0.15) is 0 Å². The summed E-state index contributed by atoms with van der Waals surface area (Å²) in [5, 5.41) is 14.2. The van der Waals surface area contributed by atoms with Crippen LogP contribution in [-0.2, 0) is 17.8 Å². The second kappa shape index (κ2) is 7.50. The predicted molar refractivity (Wildman–Crippen MR) is 101 cm³/mol. The van der Waals surface area contributed by atoms with Gasteiger partial charge in [0.25, 0.3) is 5.56 Å². The number of carbonyl (C=O) groups is 2. The zero-order valence-electron chi connectivity index (χ0n) is 15.4. The first-order chi connectivity index (χ1) is 13.5. The third-order valence-corrected chi connectivity index (χ3v) is 5.63. The van der Waals surface area contributed by atoms with Gasteiger partial charge in [-0.1, -0.05) is 36.4 Å². The molecule has 0 unspecified atom stereocenters. The Morgan fingerprint density at radius 3 is 2.61 bits per heavy atom. The Labute approximate surface area is 162 Å². The highest BCUT2D eigenvalue weighted by atomic mass is 16.4. The molecule has 146 valence electrons. The number of rotatable bonds is 4. The van der Waals surface area contributed by atoms with Gasteiger partial charge < -0.3 is 24.7 Å². The number of carbonyl (C=O) groups excluding carboxylic acids is 2. The lowest BCUT2D eigenvalue weighted by Gasteiger charge is -2.43. The number of benzene rings is 1. The van der Waals surface area contributed by atoms with Crippen molar-refractivity contribution in [2.45, 2.75) is 31.3 Å². The quantitative estimate of drug-likeness (QED) is 0.828. The standard InChI is InChI=1S/C21H23N3O4/c25-19-8-4-7-18-16-9-15(12-24(18)19)11-23(13-16)21(28)22-17(20(26)27)10-14-5-2-1-3-6-14/h1-8,15-17H,9-13H2,(H,22,28)(H,26,27)/p-1/t15-,16+,17+/m1/s1. The van der Waals surface area contributed by atoms with E-state index >= 15 is 0 Å². The molecule has 3 atom stereocenters. The molecule has 2 aliphatic heterocycles. The summed E-state index contributed by atoms with van der Waals surface area (Å²) < 4.78 is 1.80. The molecule has 1 aromatic carbocycles. The molecule has 1 fully saturated rings. The van der Waals surface area contributed by atoms with Gasteiger partial charge in [0.15, 0.2) is 0 Å². The van der Waals surface area contributed by atoms with Crippen LogP contribution in [0.25, 0.3) is 0 Å². The van der Waals surface area contributed by atoms with E-state index in [-0.39, 0.29) is 23.8 Å². The van der Waals surface area contributed by atoms with Gasteiger partial charge in [-0.25, -0.2) is 4.79 Å². The maximum atomic E-state index is 12.8. The summed E-state index contributed by atoms with van der Waals surface area (Å²) in [6.45, 7) is 1.56. The maximum absolute atomic E-state index is 12.8. The Morgan fingerprint density at radius 2 is 1.86 bits per heavy atom. The normalized spacial score (nSPS) is 21.5. The van der Waals surface area contributed by atoms with Crippen LogP contribution in [-0.4, -0.2) is 40.6 Å². The molecule has 28 heavy (non-hydrogen) atoms. The smallest absolute Gasteiger partial charge is 0.317 e. The van der Waals surface area contributed by atoms with Crippen molar-refractivity contribution in [1.29, 1.82) is 0 Å².